The van der Waals surface area contributed by atoms with Crippen LogP contribution < -0.4 is 24.8 Å². The molecule has 7 nitrogen and oxygen atoms in total. The van der Waals surface area contributed by atoms with Gasteiger partial charge in [-0.15, -0.1) is 24.0 Å². The van der Waals surface area contributed by atoms with Gasteiger partial charge in [-0.3, -0.25) is 4.99 Å². The summed E-state index contributed by atoms with van der Waals surface area (Å²) < 4.78 is 16.0. The Kier molecular flexibility index (Phi) is 11.3. The SMILES string of the molecule is CCNC(=NCC(O)c1ccc(OC)cc1)NC(C)c1cc(OC)ccc1OC.I. The van der Waals surface area contributed by atoms with Crippen LogP contribution in [0.15, 0.2) is 47.5 Å². The van der Waals surface area contributed by atoms with Crippen molar-refractivity contribution in [2.24, 2.45) is 4.99 Å². The first-order valence-corrected chi connectivity index (χ1v) is 9.61. The zero-order valence-corrected chi connectivity index (χ0v) is 20.5. The van der Waals surface area contributed by atoms with Gasteiger partial charge in [-0.05, 0) is 49.7 Å². The minimum atomic E-state index is -0.710. The van der Waals surface area contributed by atoms with Crippen molar-refractivity contribution in [3.8, 4) is 17.2 Å². The lowest BCUT2D eigenvalue weighted by Crippen LogP contribution is -2.39. The van der Waals surface area contributed by atoms with E-state index in [1.54, 1.807) is 21.3 Å². The van der Waals surface area contributed by atoms with E-state index in [4.69, 9.17) is 14.2 Å². The van der Waals surface area contributed by atoms with Crippen LogP contribution in [0.2, 0.25) is 0 Å². The molecular formula is C22H32IN3O4. The number of aliphatic hydroxyl groups is 1. The molecule has 0 saturated carbocycles. The zero-order chi connectivity index (χ0) is 21.2. The Morgan fingerprint density at radius 2 is 1.63 bits per heavy atom. The van der Waals surface area contributed by atoms with E-state index in [-0.39, 0.29) is 36.6 Å². The first kappa shape index (κ1) is 25.8. The average molecular weight is 529 g/mol. The van der Waals surface area contributed by atoms with Gasteiger partial charge in [0.1, 0.15) is 17.2 Å². The Morgan fingerprint density at radius 1 is 1.00 bits per heavy atom. The van der Waals surface area contributed by atoms with Gasteiger partial charge in [0.15, 0.2) is 5.96 Å². The largest absolute Gasteiger partial charge is 0.497 e. The molecule has 0 saturated heterocycles. The molecule has 2 aromatic carbocycles. The fourth-order valence-corrected chi connectivity index (χ4v) is 2.89. The van der Waals surface area contributed by atoms with Crippen LogP contribution in [-0.2, 0) is 0 Å². The number of ether oxygens (including phenoxy) is 3. The molecule has 0 aliphatic heterocycles. The molecule has 30 heavy (non-hydrogen) atoms. The van der Waals surface area contributed by atoms with E-state index in [9.17, 15) is 5.11 Å². The number of hydrogen-bond donors (Lipinski definition) is 3. The molecule has 0 fully saturated rings. The van der Waals surface area contributed by atoms with Gasteiger partial charge in [-0.1, -0.05) is 12.1 Å². The van der Waals surface area contributed by atoms with Crippen molar-refractivity contribution in [2.75, 3.05) is 34.4 Å². The molecule has 0 aromatic heterocycles. The highest BCUT2D eigenvalue weighted by Crippen LogP contribution is 2.29. The van der Waals surface area contributed by atoms with Gasteiger partial charge in [0, 0.05) is 12.1 Å². The smallest absolute Gasteiger partial charge is 0.191 e. The number of guanidine groups is 1. The van der Waals surface area contributed by atoms with Crippen LogP contribution in [0, 0.1) is 0 Å². The molecule has 166 valence electrons. The van der Waals surface area contributed by atoms with E-state index in [1.807, 2.05) is 56.3 Å². The van der Waals surface area contributed by atoms with Gasteiger partial charge in [0.05, 0.1) is 40.0 Å². The average Bonchev–Trinajstić information content (AvgIpc) is 2.76. The fourth-order valence-electron chi connectivity index (χ4n) is 2.89. The predicted molar refractivity (Wildman–Crippen MR) is 130 cm³/mol. The first-order chi connectivity index (χ1) is 14.0. The summed E-state index contributed by atoms with van der Waals surface area (Å²) in [7, 11) is 4.89. The molecular weight excluding hydrogens is 497 g/mol. The molecule has 2 unspecified atom stereocenters. The molecule has 0 aliphatic rings. The Hall–Kier alpha value is -2.20. The maximum absolute atomic E-state index is 10.5. The predicted octanol–water partition coefficient (Wildman–Crippen LogP) is 3.68. The Morgan fingerprint density at radius 3 is 2.20 bits per heavy atom. The van der Waals surface area contributed by atoms with Crippen LogP contribution in [0.4, 0.5) is 0 Å². The van der Waals surface area contributed by atoms with E-state index in [0.29, 0.717) is 12.5 Å². The number of hydrogen-bond acceptors (Lipinski definition) is 5. The maximum Gasteiger partial charge on any atom is 0.191 e. The maximum atomic E-state index is 10.5. The number of nitrogens with zero attached hydrogens (tertiary/aromatic N) is 1. The number of benzene rings is 2. The summed E-state index contributed by atoms with van der Waals surface area (Å²) in [6.45, 7) is 4.94. The van der Waals surface area contributed by atoms with Crippen molar-refractivity contribution in [3.05, 3.63) is 53.6 Å². The molecule has 2 rings (SSSR count). The second kappa shape index (κ2) is 13.2. The topological polar surface area (TPSA) is 84.3 Å². The number of methoxy groups -OCH3 is 3. The number of nitrogens with one attached hydrogen (secondary N) is 2. The molecule has 0 amide bonds. The monoisotopic (exact) mass is 529 g/mol. The molecule has 0 heterocycles. The highest BCUT2D eigenvalue weighted by Gasteiger charge is 2.15. The molecule has 2 atom stereocenters. The summed E-state index contributed by atoms with van der Waals surface area (Å²) in [5.74, 6) is 2.88. The fraction of sp³-hybridized carbons (Fsp3) is 0.409. The Balaban J connectivity index is 0.00000450. The highest BCUT2D eigenvalue weighted by molar-refractivity contribution is 14.0. The van der Waals surface area contributed by atoms with Crippen LogP contribution in [0.5, 0.6) is 17.2 Å². The second-order valence-electron chi connectivity index (χ2n) is 6.48. The summed E-state index contributed by atoms with van der Waals surface area (Å²) in [5.41, 5.74) is 1.74. The number of rotatable bonds is 9. The quantitative estimate of drug-likeness (QED) is 0.261. The van der Waals surface area contributed by atoms with Crippen LogP contribution in [0.3, 0.4) is 0 Å². The van der Waals surface area contributed by atoms with Gasteiger partial charge in [-0.25, -0.2) is 0 Å². The normalized spacial score (nSPS) is 12.9. The number of aliphatic imine (C=N–C) groups is 1. The lowest BCUT2D eigenvalue weighted by Gasteiger charge is -2.21. The lowest BCUT2D eigenvalue weighted by molar-refractivity contribution is 0.187. The number of aliphatic hydroxyl groups excluding tert-OH is 1. The molecule has 0 spiro atoms. The zero-order valence-electron chi connectivity index (χ0n) is 18.1. The second-order valence-corrected chi connectivity index (χ2v) is 6.48. The van der Waals surface area contributed by atoms with Gasteiger partial charge in [-0.2, -0.15) is 0 Å². The van der Waals surface area contributed by atoms with Crippen molar-refractivity contribution in [3.63, 3.8) is 0 Å². The molecule has 8 heteroatoms. The van der Waals surface area contributed by atoms with E-state index in [1.165, 1.54) is 0 Å². The van der Waals surface area contributed by atoms with Crippen LogP contribution in [-0.4, -0.2) is 45.5 Å². The third kappa shape index (κ3) is 7.24. The Labute approximate surface area is 195 Å². The van der Waals surface area contributed by atoms with E-state index < -0.39 is 6.10 Å². The molecule has 0 bridgehead atoms. The van der Waals surface area contributed by atoms with Crippen molar-refractivity contribution >= 4 is 29.9 Å². The molecule has 3 N–H and O–H groups in total. The summed E-state index contributed by atoms with van der Waals surface area (Å²) >= 11 is 0. The van der Waals surface area contributed by atoms with Gasteiger partial charge < -0.3 is 30.0 Å². The lowest BCUT2D eigenvalue weighted by atomic mass is 10.1. The third-order valence-corrected chi connectivity index (χ3v) is 4.52. The van der Waals surface area contributed by atoms with E-state index in [2.05, 4.69) is 15.6 Å². The number of halogens is 1. The van der Waals surface area contributed by atoms with Crippen molar-refractivity contribution in [1.29, 1.82) is 0 Å². The van der Waals surface area contributed by atoms with Crippen LogP contribution >= 0.6 is 24.0 Å². The van der Waals surface area contributed by atoms with E-state index in [0.717, 1.165) is 28.4 Å². The molecule has 0 radical (unpaired) electrons. The minimum Gasteiger partial charge on any atom is -0.497 e. The summed E-state index contributed by atoms with van der Waals surface area (Å²) in [4.78, 5) is 4.54. The van der Waals surface area contributed by atoms with Crippen molar-refractivity contribution in [2.45, 2.75) is 26.0 Å². The van der Waals surface area contributed by atoms with Gasteiger partial charge in [0.2, 0.25) is 0 Å². The van der Waals surface area contributed by atoms with Crippen LogP contribution in [0.1, 0.15) is 37.1 Å². The van der Waals surface area contributed by atoms with Gasteiger partial charge >= 0.3 is 0 Å². The van der Waals surface area contributed by atoms with Crippen molar-refractivity contribution < 1.29 is 19.3 Å². The van der Waals surface area contributed by atoms with Crippen molar-refractivity contribution in [1.82, 2.24) is 10.6 Å². The molecule has 0 aliphatic carbocycles. The summed E-state index contributed by atoms with van der Waals surface area (Å²) in [6, 6.07) is 12.9. The first-order valence-electron chi connectivity index (χ1n) is 9.61. The summed E-state index contributed by atoms with van der Waals surface area (Å²) in [5, 5.41) is 17.0. The van der Waals surface area contributed by atoms with Gasteiger partial charge in [0.25, 0.3) is 0 Å². The third-order valence-electron chi connectivity index (χ3n) is 4.52. The standard InChI is InChI=1S/C22H31N3O4.HI/c1-6-23-22(24-14-20(26)16-7-9-17(27-3)10-8-16)25-15(2)19-13-18(28-4)11-12-21(19)29-5;/h7-13,15,20,26H,6,14H2,1-5H3,(H2,23,24,25);1H. The van der Waals surface area contributed by atoms with E-state index >= 15 is 0 Å². The summed E-state index contributed by atoms with van der Waals surface area (Å²) in [6.07, 6.45) is -0.710. The van der Waals surface area contributed by atoms with Crippen LogP contribution in [0.25, 0.3) is 0 Å². The minimum absolute atomic E-state index is 0. The molecule has 2 aromatic rings. The highest BCUT2D eigenvalue weighted by atomic mass is 127. The Bertz CT molecular complexity index is 799.